The first-order chi connectivity index (χ1) is 7.71. The lowest BCUT2D eigenvalue weighted by Gasteiger charge is -2.55. The van der Waals surface area contributed by atoms with E-state index in [2.05, 4.69) is 0 Å². The third-order valence-electron chi connectivity index (χ3n) is 3.71. The molecule has 1 aromatic rings. The summed E-state index contributed by atoms with van der Waals surface area (Å²) in [6.45, 7) is 1.23. The quantitative estimate of drug-likeness (QED) is 0.816. The molecule has 1 N–H and O–H groups in total. The molecule has 1 aromatic heterocycles. The summed E-state index contributed by atoms with van der Waals surface area (Å²) in [6, 6.07) is 3.58. The Bertz CT molecular complexity index is 400. The molecule has 2 saturated heterocycles. The molecule has 0 atom stereocenters. The van der Waals surface area contributed by atoms with Crippen LogP contribution < -0.4 is 0 Å². The fourth-order valence-corrected chi connectivity index (χ4v) is 2.42. The van der Waals surface area contributed by atoms with Crippen LogP contribution in [0.15, 0.2) is 22.8 Å². The Labute approximate surface area is 92.0 Å². The number of carbonyl (C=O) groups is 1. The van der Waals surface area contributed by atoms with Crippen molar-refractivity contribution >= 4 is 5.97 Å². The van der Waals surface area contributed by atoms with Gasteiger partial charge in [-0.3, -0.25) is 4.79 Å². The summed E-state index contributed by atoms with van der Waals surface area (Å²) < 4.78 is 15.7. The number of carboxylic acids is 1. The van der Waals surface area contributed by atoms with Crippen molar-refractivity contribution in [2.75, 3.05) is 26.4 Å². The Morgan fingerprint density at radius 3 is 2.25 bits per heavy atom. The molecule has 5 nitrogen and oxygen atoms in total. The van der Waals surface area contributed by atoms with Crippen LogP contribution in [0.2, 0.25) is 0 Å². The van der Waals surface area contributed by atoms with E-state index in [4.69, 9.17) is 13.9 Å². The summed E-state index contributed by atoms with van der Waals surface area (Å²) in [6.07, 6.45) is 1.56. The summed E-state index contributed by atoms with van der Waals surface area (Å²) in [7, 11) is 0. The molecule has 3 heterocycles. The average molecular weight is 224 g/mol. The second kappa shape index (κ2) is 3.09. The van der Waals surface area contributed by atoms with Crippen LogP contribution in [0.3, 0.4) is 0 Å². The van der Waals surface area contributed by atoms with Gasteiger partial charge in [-0.2, -0.15) is 0 Å². The monoisotopic (exact) mass is 224 g/mol. The summed E-state index contributed by atoms with van der Waals surface area (Å²) in [5.74, 6) is -0.150. The third-order valence-corrected chi connectivity index (χ3v) is 3.71. The van der Waals surface area contributed by atoms with Crippen LogP contribution >= 0.6 is 0 Å². The standard InChI is InChI=1S/C11H12O5/c12-9(13)11(6-15-7-11)10(4-14-5-10)8-2-1-3-16-8/h1-3H,4-7H2,(H,12,13). The number of hydrogen-bond acceptors (Lipinski definition) is 4. The molecule has 16 heavy (non-hydrogen) atoms. The molecule has 3 rings (SSSR count). The lowest BCUT2D eigenvalue weighted by molar-refractivity contribution is -0.240. The minimum Gasteiger partial charge on any atom is -0.481 e. The Morgan fingerprint density at radius 2 is 1.94 bits per heavy atom. The zero-order valence-electron chi connectivity index (χ0n) is 8.64. The van der Waals surface area contributed by atoms with Gasteiger partial charge in [0.25, 0.3) is 0 Å². The van der Waals surface area contributed by atoms with E-state index >= 15 is 0 Å². The highest BCUT2D eigenvalue weighted by atomic mass is 16.5. The van der Waals surface area contributed by atoms with Gasteiger partial charge in [-0.1, -0.05) is 0 Å². The largest absolute Gasteiger partial charge is 0.481 e. The van der Waals surface area contributed by atoms with Gasteiger partial charge in [0.05, 0.1) is 38.1 Å². The van der Waals surface area contributed by atoms with Gasteiger partial charge in [0.1, 0.15) is 11.2 Å². The molecular weight excluding hydrogens is 212 g/mol. The molecule has 0 unspecified atom stereocenters. The van der Waals surface area contributed by atoms with E-state index < -0.39 is 16.8 Å². The lowest BCUT2D eigenvalue weighted by atomic mass is 9.59. The van der Waals surface area contributed by atoms with Gasteiger partial charge >= 0.3 is 5.97 Å². The first-order valence-corrected chi connectivity index (χ1v) is 5.14. The molecule has 0 aromatic carbocycles. The minimum absolute atomic E-state index is 0.229. The van der Waals surface area contributed by atoms with Crippen LogP contribution in [0.5, 0.6) is 0 Å². The molecule has 0 amide bonds. The zero-order valence-corrected chi connectivity index (χ0v) is 8.64. The number of rotatable bonds is 3. The molecule has 0 radical (unpaired) electrons. The molecule has 2 aliphatic heterocycles. The van der Waals surface area contributed by atoms with E-state index in [1.54, 1.807) is 12.3 Å². The van der Waals surface area contributed by atoms with Crippen LogP contribution in [-0.2, 0) is 19.7 Å². The van der Waals surface area contributed by atoms with Gasteiger partial charge < -0.3 is 19.0 Å². The van der Waals surface area contributed by atoms with Crippen LogP contribution in [0, 0.1) is 5.41 Å². The maximum absolute atomic E-state index is 11.5. The Morgan fingerprint density at radius 1 is 1.25 bits per heavy atom. The van der Waals surface area contributed by atoms with Gasteiger partial charge in [-0.25, -0.2) is 0 Å². The smallest absolute Gasteiger partial charge is 0.315 e. The lowest BCUT2D eigenvalue weighted by Crippen LogP contribution is -2.69. The number of furan rings is 1. The maximum Gasteiger partial charge on any atom is 0.315 e. The van der Waals surface area contributed by atoms with E-state index in [9.17, 15) is 9.90 Å². The highest BCUT2D eigenvalue weighted by Gasteiger charge is 2.67. The van der Waals surface area contributed by atoms with E-state index in [0.29, 0.717) is 19.0 Å². The fourth-order valence-electron chi connectivity index (χ4n) is 2.42. The summed E-state index contributed by atoms with van der Waals surface area (Å²) >= 11 is 0. The number of ether oxygens (including phenoxy) is 2. The molecule has 0 aliphatic carbocycles. The topological polar surface area (TPSA) is 68.9 Å². The van der Waals surface area contributed by atoms with Crippen molar-refractivity contribution in [1.82, 2.24) is 0 Å². The van der Waals surface area contributed by atoms with E-state index in [1.807, 2.05) is 6.07 Å². The fraction of sp³-hybridized carbons (Fsp3) is 0.545. The van der Waals surface area contributed by atoms with Crippen molar-refractivity contribution in [3.63, 3.8) is 0 Å². The van der Waals surface area contributed by atoms with E-state index in [-0.39, 0.29) is 13.2 Å². The molecule has 0 spiro atoms. The van der Waals surface area contributed by atoms with Crippen molar-refractivity contribution in [2.45, 2.75) is 5.41 Å². The van der Waals surface area contributed by atoms with Gasteiger partial charge in [-0.05, 0) is 12.1 Å². The summed E-state index contributed by atoms with van der Waals surface area (Å²) in [5, 5.41) is 9.41. The normalized spacial score (nSPS) is 25.5. The van der Waals surface area contributed by atoms with Crippen molar-refractivity contribution in [1.29, 1.82) is 0 Å². The summed E-state index contributed by atoms with van der Waals surface area (Å²) in [4.78, 5) is 11.5. The van der Waals surface area contributed by atoms with Crippen LogP contribution in [0.4, 0.5) is 0 Å². The van der Waals surface area contributed by atoms with Gasteiger partial charge in [-0.15, -0.1) is 0 Å². The second-order valence-electron chi connectivity index (χ2n) is 4.43. The van der Waals surface area contributed by atoms with Gasteiger partial charge in [0, 0.05) is 0 Å². The van der Waals surface area contributed by atoms with Gasteiger partial charge in [0.15, 0.2) is 0 Å². The highest BCUT2D eigenvalue weighted by Crippen LogP contribution is 2.52. The van der Waals surface area contributed by atoms with Crippen molar-refractivity contribution in [2.24, 2.45) is 5.41 Å². The van der Waals surface area contributed by atoms with Crippen LogP contribution in [0.25, 0.3) is 0 Å². The first kappa shape index (κ1) is 9.86. The molecule has 86 valence electrons. The molecular formula is C11H12O5. The SMILES string of the molecule is O=C(O)C1(C2(c3ccco3)COC2)COC1. The summed E-state index contributed by atoms with van der Waals surface area (Å²) in [5.41, 5.74) is -1.44. The minimum atomic E-state index is -0.886. The Hall–Kier alpha value is -1.33. The Balaban J connectivity index is 2.05. The molecule has 0 bridgehead atoms. The Kier molecular flexibility index (Phi) is 1.90. The van der Waals surface area contributed by atoms with E-state index in [0.717, 1.165) is 0 Å². The molecule has 2 aliphatic rings. The van der Waals surface area contributed by atoms with Crippen LogP contribution in [-0.4, -0.2) is 37.5 Å². The van der Waals surface area contributed by atoms with Crippen molar-refractivity contribution in [3.8, 4) is 0 Å². The first-order valence-electron chi connectivity index (χ1n) is 5.14. The molecule has 5 heteroatoms. The van der Waals surface area contributed by atoms with Gasteiger partial charge in [0.2, 0.25) is 0 Å². The second-order valence-corrected chi connectivity index (χ2v) is 4.43. The van der Waals surface area contributed by atoms with Crippen molar-refractivity contribution < 1.29 is 23.8 Å². The molecule has 0 saturated carbocycles. The van der Waals surface area contributed by atoms with Crippen LogP contribution in [0.1, 0.15) is 5.76 Å². The zero-order chi connectivity index (χ0) is 11.2. The highest BCUT2D eigenvalue weighted by molar-refractivity contribution is 5.79. The number of aliphatic carboxylic acids is 1. The number of carboxylic acid groups (broad SMARTS) is 1. The predicted octanol–water partition coefficient (Wildman–Crippen LogP) is 0.649. The maximum atomic E-state index is 11.5. The predicted molar refractivity (Wildman–Crippen MR) is 52.1 cm³/mol. The van der Waals surface area contributed by atoms with E-state index in [1.165, 1.54) is 0 Å². The number of hydrogen-bond donors (Lipinski definition) is 1. The molecule has 2 fully saturated rings. The average Bonchev–Trinajstić information content (AvgIpc) is 2.59. The third kappa shape index (κ3) is 0.948. The van der Waals surface area contributed by atoms with Crippen molar-refractivity contribution in [3.05, 3.63) is 24.2 Å².